The fourth-order valence-electron chi connectivity index (χ4n) is 1.98. The number of pyridine rings is 1. The normalized spacial score (nSPS) is 10.3. The molecule has 0 aliphatic heterocycles. The molecular weight excluding hydrogens is 256 g/mol. The van der Waals surface area contributed by atoms with Crippen LogP contribution >= 0.6 is 0 Å². The van der Waals surface area contributed by atoms with Crippen LogP contribution in [0.5, 0.6) is 0 Å². The van der Waals surface area contributed by atoms with Gasteiger partial charge in [-0.3, -0.25) is 9.69 Å². The number of urea groups is 1. The molecule has 0 aliphatic carbocycles. The van der Waals surface area contributed by atoms with Gasteiger partial charge in [0.25, 0.3) is 0 Å². The van der Waals surface area contributed by atoms with Crippen LogP contribution in [0.25, 0.3) is 10.8 Å². The molecule has 3 amide bonds. The zero-order valence-electron chi connectivity index (χ0n) is 11.6. The Morgan fingerprint density at radius 2 is 2.00 bits per heavy atom. The first kappa shape index (κ1) is 13.8. The highest BCUT2D eigenvalue weighted by molar-refractivity contribution is 5.96. The summed E-state index contributed by atoms with van der Waals surface area (Å²) in [5.74, 6) is 0.340. The van der Waals surface area contributed by atoms with E-state index in [1.807, 2.05) is 25.1 Å². The van der Waals surface area contributed by atoms with E-state index in [0.717, 1.165) is 16.5 Å². The lowest BCUT2D eigenvalue weighted by Gasteiger charge is -2.15. The van der Waals surface area contributed by atoms with Gasteiger partial charge in [-0.2, -0.15) is 0 Å². The van der Waals surface area contributed by atoms with Gasteiger partial charge in [-0.1, -0.05) is 6.07 Å². The molecule has 1 heterocycles. The molecular formula is C14H16N4O2. The second-order valence-electron chi connectivity index (χ2n) is 4.58. The summed E-state index contributed by atoms with van der Waals surface area (Å²) in [6.45, 7) is 3.31. The first-order chi connectivity index (χ1) is 9.38. The first-order valence-corrected chi connectivity index (χ1v) is 6.10. The van der Waals surface area contributed by atoms with Gasteiger partial charge >= 0.3 is 6.03 Å². The third-order valence-corrected chi connectivity index (χ3v) is 3.00. The summed E-state index contributed by atoms with van der Waals surface area (Å²) in [5, 5.41) is 4.56. The van der Waals surface area contributed by atoms with Crippen LogP contribution in [0.2, 0.25) is 0 Å². The van der Waals surface area contributed by atoms with Crippen molar-refractivity contribution in [1.82, 2.24) is 4.98 Å². The predicted octanol–water partition coefficient (Wildman–Crippen LogP) is 2.02. The Balaban J connectivity index is 2.55. The van der Waals surface area contributed by atoms with Crippen molar-refractivity contribution in [3.63, 3.8) is 0 Å². The summed E-state index contributed by atoms with van der Waals surface area (Å²) in [6, 6.07) is 6.73. The zero-order valence-corrected chi connectivity index (χ0v) is 11.6. The van der Waals surface area contributed by atoms with E-state index in [0.29, 0.717) is 11.5 Å². The highest BCUT2D eigenvalue weighted by Crippen LogP contribution is 2.25. The predicted molar refractivity (Wildman–Crippen MR) is 78.8 cm³/mol. The number of benzene rings is 1. The number of nitrogens with two attached hydrogens (primary N) is 1. The molecule has 1 aromatic carbocycles. The van der Waals surface area contributed by atoms with Crippen molar-refractivity contribution in [1.29, 1.82) is 0 Å². The molecule has 0 saturated carbocycles. The van der Waals surface area contributed by atoms with Crippen molar-refractivity contribution in [2.45, 2.75) is 13.8 Å². The Kier molecular flexibility index (Phi) is 3.56. The van der Waals surface area contributed by atoms with Gasteiger partial charge in [0.2, 0.25) is 5.91 Å². The van der Waals surface area contributed by atoms with Crippen LogP contribution in [-0.4, -0.2) is 24.0 Å². The molecule has 6 nitrogen and oxygen atoms in total. The number of nitrogens with zero attached hydrogens (tertiary/aromatic N) is 2. The van der Waals surface area contributed by atoms with Gasteiger partial charge in [-0.15, -0.1) is 0 Å². The number of hydrogen-bond donors (Lipinski definition) is 2. The Labute approximate surface area is 116 Å². The second-order valence-corrected chi connectivity index (χ2v) is 4.58. The van der Waals surface area contributed by atoms with Gasteiger partial charge in [0.1, 0.15) is 5.82 Å². The Bertz CT molecular complexity index is 697. The first-order valence-electron chi connectivity index (χ1n) is 6.10. The number of amides is 3. The molecule has 3 N–H and O–H groups in total. The number of rotatable bonds is 2. The average molecular weight is 272 g/mol. The van der Waals surface area contributed by atoms with E-state index in [1.54, 1.807) is 13.1 Å². The highest BCUT2D eigenvalue weighted by atomic mass is 16.2. The standard InChI is InChI=1S/C14H16N4O2/c1-8-12-5-4-11(17-9(2)19)6-10(12)7-13(16-8)18(3)14(15)20/h4-7H,1-3H3,(H2,15,20)(H,17,19). The zero-order chi connectivity index (χ0) is 14.9. The number of primary amides is 1. The lowest BCUT2D eigenvalue weighted by atomic mass is 10.1. The largest absolute Gasteiger partial charge is 0.351 e. The number of nitrogens with one attached hydrogen (secondary N) is 1. The van der Waals surface area contributed by atoms with Gasteiger partial charge < -0.3 is 11.1 Å². The molecule has 20 heavy (non-hydrogen) atoms. The summed E-state index contributed by atoms with van der Waals surface area (Å²) in [5.41, 5.74) is 6.74. The average Bonchev–Trinajstić information content (AvgIpc) is 2.36. The number of carbonyl (C=O) groups is 2. The third kappa shape index (κ3) is 2.69. The summed E-state index contributed by atoms with van der Waals surface area (Å²) in [7, 11) is 1.56. The molecule has 104 valence electrons. The van der Waals surface area contributed by atoms with Gasteiger partial charge in [0.05, 0.1) is 0 Å². The van der Waals surface area contributed by atoms with E-state index in [9.17, 15) is 9.59 Å². The fraction of sp³-hybridized carbons (Fsp3) is 0.214. The maximum Gasteiger partial charge on any atom is 0.320 e. The smallest absolute Gasteiger partial charge is 0.320 e. The van der Waals surface area contributed by atoms with E-state index < -0.39 is 6.03 Å². The van der Waals surface area contributed by atoms with Crippen molar-refractivity contribution in [2.24, 2.45) is 5.73 Å². The summed E-state index contributed by atoms with van der Waals surface area (Å²) in [6.07, 6.45) is 0. The molecule has 0 unspecified atom stereocenters. The van der Waals surface area contributed by atoms with Crippen LogP contribution in [-0.2, 0) is 4.79 Å². The number of carbonyl (C=O) groups excluding carboxylic acids is 2. The molecule has 0 fully saturated rings. The van der Waals surface area contributed by atoms with Crippen LogP contribution in [0.15, 0.2) is 24.3 Å². The number of fused-ring (bicyclic) bond motifs is 1. The molecule has 0 radical (unpaired) electrons. The third-order valence-electron chi connectivity index (χ3n) is 3.00. The second kappa shape index (κ2) is 5.16. The van der Waals surface area contributed by atoms with Gasteiger partial charge in [0, 0.05) is 30.7 Å². The number of anilines is 2. The number of hydrogen-bond acceptors (Lipinski definition) is 3. The van der Waals surface area contributed by atoms with Crippen molar-refractivity contribution in [3.05, 3.63) is 30.0 Å². The minimum absolute atomic E-state index is 0.135. The van der Waals surface area contributed by atoms with Crippen molar-refractivity contribution in [2.75, 3.05) is 17.3 Å². The van der Waals surface area contributed by atoms with E-state index >= 15 is 0 Å². The highest BCUT2D eigenvalue weighted by Gasteiger charge is 2.11. The molecule has 6 heteroatoms. The monoisotopic (exact) mass is 272 g/mol. The van der Waals surface area contributed by atoms with Crippen LogP contribution in [0.3, 0.4) is 0 Å². The Hall–Kier alpha value is -2.63. The Morgan fingerprint density at radius 1 is 1.30 bits per heavy atom. The summed E-state index contributed by atoms with van der Waals surface area (Å²) in [4.78, 5) is 27.9. The van der Waals surface area contributed by atoms with Crippen molar-refractivity contribution >= 4 is 34.2 Å². The van der Waals surface area contributed by atoms with Gasteiger partial charge in [-0.25, -0.2) is 9.78 Å². The summed E-state index contributed by atoms with van der Waals surface area (Å²) >= 11 is 0. The lowest BCUT2D eigenvalue weighted by molar-refractivity contribution is -0.114. The Morgan fingerprint density at radius 3 is 2.60 bits per heavy atom. The van der Waals surface area contributed by atoms with Crippen molar-refractivity contribution in [3.8, 4) is 0 Å². The molecule has 0 saturated heterocycles. The maximum absolute atomic E-state index is 11.2. The van der Waals surface area contributed by atoms with Crippen LogP contribution in [0.1, 0.15) is 12.6 Å². The minimum atomic E-state index is -0.575. The SMILES string of the molecule is CC(=O)Nc1ccc2c(C)nc(N(C)C(N)=O)cc2c1. The molecule has 0 atom stereocenters. The van der Waals surface area contributed by atoms with Crippen LogP contribution in [0.4, 0.5) is 16.3 Å². The fourth-order valence-corrected chi connectivity index (χ4v) is 1.98. The number of aromatic nitrogens is 1. The van der Waals surface area contributed by atoms with E-state index in [-0.39, 0.29) is 5.91 Å². The van der Waals surface area contributed by atoms with Gasteiger partial charge in [0.15, 0.2) is 0 Å². The molecule has 0 bridgehead atoms. The molecule has 0 aliphatic rings. The minimum Gasteiger partial charge on any atom is -0.351 e. The molecule has 2 rings (SSSR count). The van der Waals surface area contributed by atoms with Crippen LogP contribution < -0.4 is 16.0 Å². The topological polar surface area (TPSA) is 88.3 Å². The van der Waals surface area contributed by atoms with Crippen LogP contribution in [0, 0.1) is 6.92 Å². The quantitative estimate of drug-likeness (QED) is 0.876. The van der Waals surface area contributed by atoms with E-state index in [4.69, 9.17) is 5.73 Å². The molecule has 2 aromatic rings. The lowest BCUT2D eigenvalue weighted by Crippen LogP contribution is -2.32. The molecule has 0 spiro atoms. The van der Waals surface area contributed by atoms with Gasteiger partial charge in [-0.05, 0) is 30.5 Å². The molecule has 1 aromatic heterocycles. The summed E-state index contributed by atoms with van der Waals surface area (Å²) < 4.78 is 0. The van der Waals surface area contributed by atoms with E-state index in [1.165, 1.54) is 11.8 Å². The van der Waals surface area contributed by atoms with E-state index in [2.05, 4.69) is 10.3 Å². The maximum atomic E-state index is 11.2. The van der Waals surface area contributed by atoms with Crippen molar-refractivity contribution < 1.29 is 9.59 Å². The number of aryl methyl sites for hydroxylation is 1.